The third kappa shape index (κ3) is 5.49. The van der Waals surface area contributed by atoms with Gasteiger partial charge in [0.25, 0.3) is 0 Å². The number of benzene rings is 1. The van der Waals surface area contributed by atoms with E-state index >= 15 is 0 Å². The molecule has 3 aromatic rings. The van der Waals surface area contributed by atoms with Gasteiger partial charge in [0.2, 0.25) is 0 Å². The Kier molecular flexibility index (Phi) is 7.12. The van der Waals surface area contributed by atoms with Crippen LogP contribution < -0.4 is 4.74 Å². The summed E-state index contributed by atoms with van der Waals surface area (Å²) in [5, 5.41) is 11.4. The molecule has 0 bridgehead atoms. The number of carbonyl (C=O) groups is 1. The van der Waals surface area contributed by atoms with E-state index in [9.17, 15) is 9.90 Å². The van der Waals surface area contributed by atoms with Gasteiger partial charge in [0.15, 0.2) is 6.10 Å². The van der Waals surface area contributed by atoms with Crippen molar-refractivity contribution in [3.05, 3.63) is 64.7 Å². The van der Waals surface area contributed by atoms with E-state index in [2.05, 4.69) is 42.0 Å². The number of carboxylic acids is 1. The highest BCUT2D eigenvalue weighted by atomic mass is 32.1. The fourth-order valence-electron chi connectivity index (χ4n) is 3.26. The van der Waals surface area contributed by atoms with Crippen LogP contribution in [0.5, 0.6) is 5.75 Å². The van der Waals surface area contributed by atoms with Gasteiger partial charge in [0.1, 0.15) is 12.4 Å². The third-order valence-electron chi connectivity index (χ3n) is 4.75. The van der Waals surface area contributed by atoms with Crippen molar-refractivity contribution in [3.63, 3.8) is 0 Å². The molecule has 0 aliphatic carbocycles. The van der Waals surface area contributed by atoms with Crippen molar-refractivity contribution in [2.75, 3.05) is 13.2 Å². The first-order valence-electron chi connectivity index (χ1n) is 9.75. The van der Waals surface area contributed by atoms with Gasteiger partial charge in [0.05, 0.1) is 17.1 Å². The van der Waals surface area contributed by atoms with Crippen LogP contribution in [-0.2, 0) is 22.5 Å². The molecule has 3 rings (SSSR count). The molecule has 0 saturated carbocycles. The van der Waals surface area contributed by atoms with Gasteiger partial charge >= 0.3 is 5.97 Å². The number of hydrogen-bond donors (Lipinski definition) is 1. The Balaban J connectivity index is 1.58. The van der Waals surface area contributed by atoms with E-state index in [1.807, 2.05) is 24.3 Å². The van der Waals surface area contributed by atoms with Crippen LogP contribution in [0.4, 0.5) is 0 Å². The minimum absolute atomic E-state index is 0.343. The van der Waals surface area contributed by atoms with Gasteiger partial charge in [-0.25, -0.2) is 4.79 Å². The molecule has 0 aliphatic rings. The summed E-state index contributed by atoms with van der Waals surface area (Å²) in [5.41, 5.74) is 4.62. The molecule has 1 N–H and O–H groups in total. The molecule has 0 amide bonds. The van der Waals surface area contributed by atoms with Crippen molar-refractivity contribution < 1.29 is 19.4 Å². The molecule has 0 saturated heterocycles. The van der Waals surface area contributed by atoms with E-state index in [0.717, 1.165) is 17.9 Å². The standard InChI is InChI=1S/C23H27NO4S/c1-4-27-21(23(25)26)14-18-6-8-19(9-7-18)28-12-11-24-17(3)5-10-20(24)22-13-16(2)15-29-22/h5-10,13,15,21H,4,11-12,14H2,1-3H3,(H,25,26)/t21-/m0/s1. The molecular weight excluding hydrogens is 386 g/mol. The molecule has 5 nitrogen and oxygen atoms in total. The first kappa shape index (κ1) is 21.1. The van der Waals surface area contributed by atoms with Gasteiger partial charge < -0.3 is 19.1 Å². The number of thiophene rings is 1. The van der Waals surface area contributed by atoms with Crippen molar-refractivity contribution in [1.82, 2.24) is 4.57 Å². The molecule has 2 aromatic heterocycles. The van der Waals surface area contributed by atoms with E-state index < -0.39 is 12.1 Å². The van der Waals surface area contributed by atoms with E-state index in [0.29, 0.717) is 19.6 Å². The fourth-order valence-corrected chi connectivity index (χ4v) is 4.19. The Bertz CT molecular complexity index is 942. The number of aryl methyl sites for hydroxylation is 2. The molecule has 0 unspecified atom stereocenters. The average molecular weight is 414 g/mol. The van der Waals surface area contributed by atoms with Crippen molar-refractivity contribution >= 4 is 17.3 Å². The lowest BCUT2D eigenvalue weighted by molar-refractivity contribution is -0.149. The maximum Gasteiger partial charge on any atom is 0.333 e. The lowest BCUT2D eigenvalue weighted by Gasteiger charge is -2.14. The van der Waals surface area contributed by atoms with Crippen molar-refractivity contribution in [1.29, 1.82) is 0 Å². The monoisotopic (exact) mass is 413 g/mol. The zero-order chi connectivity index (χ0) is 20.8. The molecule has 1 atom stereocenters. The second-order valence-electron chi connectivity index (χ2n) is 6.98. The molecule has 0 radical (unpaired) electrons. The van der Waals surface area contributed by atoms with Crippen LogP contribution in [0.1, 0.15) is 23.7 Å². The van der Waals surface area contributed by atoms with E-state index in [-0.39, 0.29) is 0 Å². The van der Waals surface area contributed by atoms with Gasteiger partial charge in [0, 0.05) is 18.7 Å². The van der Waals surface area contributed by atoms with Gasteiger partial charge in [-0.3, -0.25) is 0 Å². The summed E-state index contributed by atoms with van der Waals surface area (Å²) in [4.78, 5) is 12.5. The van der Waals surface area contributed by atoms with Crippen LogP contribution in [0.2, 0.25) is 0 Å². The summed E-state index contributed by atoms with van der Waals surface area (Å²) in [7, 11) is 0. The lowest BCUT2D eigenvalue weighted by atomic mass is 10.1. The van der Waals surface area contributed by atoms with Gasteiger partial charge in [-0.05, 0) is 67.6 Å². The minimum atomic E-state index is -0.939. The topological polar surface area (TPSA) is 60.7 Å². The van der Waals surface area contributed by atoms with E-state index in [4.69, 9.17) is 9.47 Å². The zero-order valence-corrected chi connectivity index (χ0v) is 17.9. The fraction of sp³-hybridized carbons (Fsp3) is 0.348. The Hall–Kier alpha value is -2.57. The SMILES string of the molecule is CCO[C@@H](Cc1ccc(OCCn2c(C)ccc2-c2cc(C)cs2)cc1)C(=O)O. The Labute approximate surface area is 175 Å². The quantitative estimate of drug-likeness (QED) is 0.511. The molecule has 154 valence electrons. The Morgan fingerprint density at radius 3 is 2.55 bits per heavy atom. The van der Waals surface area contributed by atoms with Crippen LogP contribution in [0.3, 0.4) is 0 Å². The van der Waals surface area contributed by atoms with Gasteiger partial charge in [-0.2, -0.15) is 0 Å². The molecule has 6 heteroatoms. The first-order valence-corrected chi connectivity index (χ1v) is 10.6. The first-order chi connectivity index (χ1) is 14.0. The Morgan fingerprint density at radius 2 is 1.93 bits per heavy atom. The van der Waals surface area contributed by atoms with Crippen LogP contribution in [0.25, 0.3) is 10.6 Å². The number of hydrogen-bond acceptors (Lipinski definition) is 4. The summed E-state index contributed by atoms with van der Waals surface area (Å²) in [5.74, 6) is -0.165. The lowest BCUT2D eigenvalue weighted by Crippen LogP contribution is -2.26. The van der Waals surface area contributed by atoms with E-state index in [1.165, 1.54) is 21.8 Å². The van der Waals surface area contributed by atoms with Gasteiger partial charge in [-0.15, -0.1) is 11.3 Å². The minimum Gasteiger partial charge on any atom is -0.492 e. The van der Waals surface area contributed by atoms with Crippen molar-refractivity contribution in [2.45, 2.75) is 39.8 Å². The number of aliphatic carboxylic acids is 1. The summed E-state index contributed by atoms with van der Waals surface area (Å²) < 4.78 is 13.5. The summed E-state index contributed by atoms with van der Waals surface area (Å²) in [6.45, 7) is 7.71. The summed E-state index contributed by atoms with van der Waals surface area (Å²) in [6.07, 6.45) is -0.474. The number of ether oxygens (including phenoxy) is 2. The molecule has 1 aromatic carbocycles. The van der Waals surface area contributed by atoms with E-state index in [1.54, 1.807) is 18.3 Å². The van der Waals surface area contributed by atoms with Crippen LogP contribution in [0.15, 0.2) is 47.8 Å². The summed E-state index contributed by atoms with van der Waals surface area (Å²) >= 11 is 1.76. The second-order valence-corrected chi connectivity index (χ2v) is 7.89. The highest BCUT2D eigenvalue weighted by Crippen LogP contribution is 2.28. The second kappa shape index (κ2) is 9.76. The molecular formula is C23H27NO4S. The molecule has 29 heavy (non-hydrogen) atoms. The van der Waals surface area contributed by atoms with Crippen molar-refractivity contribution in [2.24, 2.45) is 0 Å². The highest BCUT2D eigenvalue weighted by Gasteiger charge is 2.17. The van der Waals surface area contributed by atoms with Crippen LogP contribution in [-0.4, -0.2) is 35.0 Å². The summed E-state index contributed by atoms with van der Waals surface area (Å²) in [6, 6.07) is 14.1. The smallest absolute Gasteiger partial charge is 0.333 e. The molecule has 0 spiro atoms. The normalized spacial score (nSPS) is 12.1. The number of rotatable bonds is 10. The van der Waals surface area contributed by atoms with Gasteiger partial charge in [-0.1, -0.05) is 12.1 Å². The largest absolute Gasteiger partial charge is 0.492 e. The maximum atomic E-state index is 11.2. The maximum absolute atomic E-state index is 11.2. The number of nitrogens with zero attached hydrogens (tertiary/aromatic N) is 1. The molecule has 0 fully saturated rings. The predicted molar refractivity (Wildman–Crippen MR) is 116 cm³/mol. The predicted octanol–water partition coefficient (Wildman–Crippen LogP) is 4.94. The van der Waals surface area contributed by atoms with Crippen LogP contribution >= 0.6 is 11.3 Å². The van der Waals surface area contributed by atoms with Crippen LogP contribution in [0, 0.1) is 13.8 Å². The number of aromatic nitrogens is 1. The molecule has 2 heterocycles. The third-order valence-corrected chi connectivity index (χ3v) is 5.82. The highest BCUT2D eigenvalue weighted by molar-refractivity contribution is 7.13. The molecule has 0 aliphatic heterocycles. The van der Waals surface area contributed by atoms with Crippen molar-refractivity contribution in [3.8, 4) is 16.3 Å². The zero-order valence-electron chi connectivity index (χ0n) is 17.1. The Morgan fingerprint density at radius 1 is 1.17 bits per heavy atom. The average Bonchev–Trinajstić information content (AvgIpc) is 3.28. The number of carboxylic acid groups (broad SMARTS) is 1.